The summed E-state index contributed by atoms with van der Waals surface area (Å²) in [5.74, 6) is 3.55. The Morgan fingerprint density at radius 2 is 2.19 bits per heavy atom. The second kappa shape index (κ2) is 5.60. The van der Waals surface area contributed by atoms with Crippen LogP contribution in [0.5, 0.6) is 5.75 Å². The van der Waals surface area contributed by atoms with Crippen LogP contribution >= 0.6 is 11.8 Å². The van der Waals surface area contributed by atoms with Crippen molar-refractivity contribution in [2.45, 2.75) is 19.4 Å². The van der Waals surface area contributed by atoms with Crippen molar-refractivity contribution in [1.29, 1.82) is 0 Å². The topological polar surface area (TPSA) is 29.5 Å². The first-order valence-electron chi connectivity index (χ1n) is 5.80. The Balaban J connectivity index is 2.02. The summed E-state index contributed by atoms with van der Waals surface area (Å²) in [7, 11) is 0. The Morgan fingerprint density at radius 1 is 1.44 bits per heavy atom. The largest absolute Gasteiger partial charge is 0.494 e. The molecule has 88 valence electrons. The summed E-state index contributed by atoms with van der Waals surface area (Å²) in [5, 5.41) is 10.2. The van der Waals surface area contributed by atoms with Crippen molar-refractivity contribution in [3.05, 3.63) is 29.8 Å². The minimum atomic E-state index is -0.314. The molecule has 0 aliphatic carbocycles. The summed E-state index contributed by atoms with van der Waals surface area (Å²) in [4.78, 5) is 0. The molecule has 2 rings (SSSR count). The number of thioether (sulfide) groups is 1. The minimum Gasteiger partial charge on any atom is -0.494 e. The van der Waals surface area contributed by atoms with Gasteiger partial charge >= 0.3 is 0 Å². The van der Waals surface area contributed by atoms with Gasteiger partial charge in [-0.2, -0.15) is 11.8 Å². The van der Waals surface area contributed by atoms with E-state index in [4.69, 9.17) is 4.74 Å². The van der Waals surface area contributed by atoms with Crippen LogP contribution in [0.3, 0.4) is 0 Å². The van der Waals surface area contributed by atoms with Gasteiger partial charge in [-0.25, -0.2) is 0 Å². The molecule has 1 aliphatic rings. The average molecular weight is 238 g/mol. The molecular formula is C13H18O2S. The molecule has 1 aromatic carbocycles. The first kappa shape index (κ1) is 11.8. The van der Waals surface area contributed by atoms with Crippen LogP contribution in [0.4, 0.5) is 0 Å². The molecule has 0 spiro atoms. The molecule has 3 heteroatoms. The molecule has 0 amide bonds. The van der Waals surface area contributed by atoms with Crippen LogP contribution in [-0.2, 0) is 0 Å². The number of hydrogen-bond donors (Lipinski definition) is 1. The van der Waals surface area contributed by atoms with Crippen LogP contribution in [0.1, 0.15) is 25.0 Å². The Hall–Kier alpha value is -0.670. The minimum absolute atomic E-state index is 0.314. The van der Waals surface area contributed by atoms with E-state index in [1.165, 1.54) is 5.75 Å². The molecule has 1 fully saturated rings. The van der Waals surface area contributed by atoms with Gasteiger partial charge in [-0.1, -0.05) is 12.1 Å². The monoisotopic (exact) mass is 238 g/mol. The number of aliphatic hydroxyl groups excluding tert-OH is 1. The predicted molar refractivity (Wildman–Crippen MR) is 68.0 cm³/mol. The van der Waals surface area contributed by atoms with Gasteiger partial charge in [0.2, 0.25) is 0 Å². The van der Waals surface area contributed by atoms with Crippen LogP contribution in [0.25, 0.3) is 0 Å². The maximum absolute atomic E-state index is 10.2. The molecule has 0 bridgehead atoms. The van der Waals surface area contributed by atoms with Crippen molar-refractivity contribution in [1.82, 2.24) is 0 Å². The molecule has 0 radical (unpaired) electrons. The number of aliphatic hydroxyl groups is 1. The normalized spacial score (nSPS) is 22.0. The van der Waals surface area contributed by atoms with Gasteiger partial charge in [0.15, 0.2) is 0 Å². The molecule has 1 aliphatic heterocycles. The van der Waals surface area contributed by atoms with E-state index in [-0.39, 0.29) is 6.10 Å². The van der Waals surface area contributed by atoms with Gasteiger partial charge in [0.05, 0.1) is 12.7 Å². The van der Waals surface area contributed by atoms with Gasteiger partial charge < -0.3 is 9.84 Å². The van der Waals surface area contributed by atoms with E-state index < -0.39 is 0 Å². The molecule has 0 saturated carbocycles. The highest BCUT2D eigenvalue weighted by atomic mass is 32.2. The highest BCUT2D eigenvalue weighted by molar-refractivity contribution is 7.99. The van der Waals surface area contributed by atoms with Crippen molar-refractivity contribution in [3.8, 4) is 5.75 Å². The average Bonchev–Trinajstić information content (AvgIpc) is 2.83. The maximum Gasteiger partial charge on any atom is 0.119 e. The summed E-state index contributed by atoms with van der Waals surface area (Å²) in [6.45, 7) is 2.65. The molecule has 1 heterocycles. The quantitative estimate of drug-likeness (QED) is 0.874. The second-order valence-corrected chi connectivity index (χ2v) is 5.22. The van der Waals surface area contributed by atoms with Crippen molar-refractivity contribution < 1.29 is 9.84 Å². The molecule has 2 atom stereocenters. The molecule has 1 saturated heterocycles. The SMILES string of the molecule is CCOc1ccc(C(O)C2CCSC2)cc1. The van der Waals surface area contributed by atoms with Crippen LogP contribution < -0.4 is 4.74 Å². The summed E-state index contributed by atoms with van der Waals surface area (Å²) in [6, 6.07) is 7.81. The standard InChI is InChI=1S/C13H18O2S/c1-2-15-12-5-3-10(4-6-12)13(14)11-7-8-16-9-11/h3-6,11,13-14H,2,7-9H2,1H3. The van der Waals surface area contributed by atoms with Crippen LogP contribution in [-0.4, -0.2) is 23.2 Å². The lowest BCUT2D eigenvalue weighted by Crippen LogP contribution is -2.11. The maximum atomic E-state index is 10.2. The number of ether oxygens (including phenoxy) is 1. The smallest absolute Gasteiger partial charge is 0.119 e. The van der Waals surface area contributed by atoms with Gasteiger partial charge in [0, 0.05) is 0 Å². The van der Waals surface area contributed by atoms with Crippen molar-refractivity contribution >= 4 is 11.8 Å². The van der Waals surface area contributed by atoms with Gasteiger partial charge in [0.1, 0.15) is 5.75 Å². The van der Waals surface area contributed by atoms with Gasteiger partial charge in [-0.05, 0) is 48.5 Å². The third-order valence-corrected chi connectivity index (χ3v) is 4.13. The fourth-order valence-corrected chi connectivity index (χ4v) is 3.29. The summed E-state index contributed by atoms with van der Waals surface area (Å²) >= 11 is 1.93. The molecule has 2 nitrogen and oxygen atoms in total. The molecule has 2 unspecified atom stereocenters. The third kappa shape index (κ3) is 2.71. The van der Waals surface area contributed by atoms with Crippen LogP contribution in [0.15, 0.2) is 24.3 Å². The first-order valence-corrected chi connectivity index (χ1v) is 6.95. The fourth-order valence-electron chi connectivity index (χ4n) is 2.00. The van der Waals surface area contributed by atoms with E-state index in [1.807, 2.05) is 43.0 Å². The van der Waals surface area contributed by atoms with E-state index in [0.717, 1.165) is 23.5 Å². The van der Waals surface area contributed by atoms with E-state index in [1.54, 1.807) is 0 Å². The van der Waals surface area contributed by atoms with E-state index >= 15 is 0 Å². The summed E-state index contributed by atoms with van der Waals surface area (Å²) in [6.07, 6.45) is 0.810. The van der Waals surface area contributed by atoms with Crippen molar-refractivity contribution in [2.75, 3.05) is 18.1 Å². The lowest BCUT2D eigenvalue weighted by Gasteiger charge is -2.17. The zero-order chi connectivity index (χ0) is 11.4. The highest BCUT2D eigenvalue weighted by Crippen LogP contribution is 2.34. The summed E-state index contributed by atoms with van der Waals surface area (Å²) in [5.41, 5.74) is 1.01. The van der Waals surface area contributed by atoms with Gasteiger partial charge in [-0.3, -0.25) is 0 Å². The number of hydrogen-bond acceptors (Lipinski definition) is 3. The zero-order valence-corrected chi connectivity index (χ0v) is 10.4. The third-order valence-electron chi connectivity index (χ3n) is 2.94. The highest BCUT2D eigenvalue weighted by Gasteiger charge is 2.24. The molecule has 0 aromatic heterocycles. The Kier molecular flexibility index (Phi) is 4.13. The second-order valence-electron chi connectivity index (χ2n) is 4.07. The van der Waals surface area contributed by atoms with Gasteiger partial charge in [0.25, 0.3) is 0 Å². The Morgan fingerprint density at radius 3 is 2.75 bits per heavy atom. The van der Waals surface area contributed by atoms with E-state index in [2.05, 4.69) is 0 Å². The first-order chi connectivity index (χ1) is 7.81. The van der Waals surface area contributed by atoms with Gasteiger partial charge in [-0.15, -0.1) is 0 Å². The zero-order valence-electron chi connectivity index (χ0n) is 9.56. The lowest BCUT2D eigenvalue weighted by molar-refractivity contribution is 0.121. The van der Waals surface area contributed by atoms with Crippen molar-refractivity contribution in [3.63, 3.8) is 0 Å². The Labute approximate surface area is 101 Å². The predicted octanol–water partition coefficient (Wildman–Crippen LogP) is 2.87. The molecule has 16 heavy (non-hydrogen) atoms. The van der Waals surface area contributed by atoms with Crippen LogP contribution in [0, 0.1) is 5.92 Å². The number of benzene rings is 1. The van der Waals surface area contributed by atoms with Crippen molar-refractivity contribution in [2.24, 2.45) is 5.92 Å². The van der Waals surface area contributed by atoms with E-state index in [9.17, 15) is 5.11 Å². The summed E-state index contributed by atoms with van der Waals surface area (Å²) < 4.78 is 5.38. The number of rotatable bonds is 4. The van der Waals surface area contributed by atoms with E-state index in [0.29, 0.717) is 12.5 Å². The van der Waals surface area contributed by atoms with Crippen LogP contribution in [0.2, 0.25) is 0 Å². The Bertz CT molecular complexity index is 317. The molecular weight excluding hydrogens is 220 g/mol. The molecule has 1 N–H and O–H groups in total. The molecule has 1 aromatic rings. The lowest BCUT2D eigenvalue weighted by atomic mass is 9.95. The fraction of sp³-hybridized carbons (Fsp3) is 0.538.